The number of sulfonamides is 1. The SMILES string of the molecule is CCN(CC)S(=O)(=O)c1ccc(C)c(NC(=O)CN2CC=C(c3ccccc3)CC2)c1. The first kappa shape index (κ1) is 23.2. The van der Waals surface area contributed by atoms with Gasteiger partial charge in [0.05, 0.1) is 11.4 Å². The van der Waals surface area contributed by atoms with E-state index in [1.54, 1.807) is 18.2 Å². The van der Waals surface area contributed by atoms with E-state index in [1.807, 2.05) is 39.0 Å². The van der Waals surface area contributed by atoms with Gasteiger partial charge in [0.1, 0.15) is 0 Å². The molecule has 0 unspecified atom stereocenters. The number of carbonyl (C=O) groups excluding carboxylic acids is 1. The first-order valence-electron chi connectivity index (χ1n) is 10.7. The highest BCUT2D eigenvalue weighted by molar-refractivity contribution is 7.89. The Morgan fingerprint density at radius 3 is 2.42 bits per heavy atom. The van der Waals surface area contributed by atoms with Gasteiger partial charge in [0, 0.05) is 31.9 Å². The molecule has 7 heteroatoms. The van der Waals surface area contributed by atoms with Gasteiger partial charge in [-0.3, -0.25) is 9.69 Å². The molecule has 0 bridgehead atoms. The van der Waals surface area contributed by atoms with Crippen molar-refractivity contribution in [1.29, 1.82) is 0 Å². The largest absolute Gasteiger partial charge is 0.325 e. The summed E-state index contributed by atoms with van der Waals surface area (Å²) >= 11 is 0. The van der Waals surface area contributed by atoms with Crippen molar-refractivity contribution in [3.8, 4) is 0 Å². The molecule has 31 heavy (non-hydrogen) atoms. The molecule has 166 valence electrons. The first-order valence-corrected chi connectivity index (χ1v) is 12.2. The zero-order valence-electron chi connectivity index (χ0n) is 18.5. The lowest BCUT2D eigenvalue weighted by atomic mass is 10.00. The van der Waals surface area contributed by atoms with E-state index >= 15 is 0 Å². The standard InChI is InChI=1S/C24H31N3O3S/c1-4-27(5-2)31(29,30)22-12-11-19(3)23(17-22)25-24(28)18-26-15-13-21(14-16-26)20-9-7-6-8-10-20/h6-13,17H,4-5,14-16,18H2,1-3H3,(H,25,28). The summed E-state index contributed by atoms with van der Waals surface area (Å²) in [6, 6.07) is 15.2. The monoisotopic (exact) mass is 441 g/mol. The van der Waals surface area contributed by atoms with E-state index in [2.05, 4.69) is 28.4 Å². The summed E-state index contributed by atoms with van der Waals surface area (Å²) in [5, 5.41) is 2.90. The number of rotatable bonds is 8. The molecular formula is C24H31N3O3S. The summed E-state index contributed by atoms with van der Waals surface area (Å²) in [6.45, 7) is 8.09. The minimum atomic E-state index is -3.57. The molecule has 1 amide bonds. The molecule has 0 spiro atoms. The molecule has 1 aliphatic rings. The smallest absolute Gasteiger partial charge is 0.243 e. The maximum absolute atomic E-state index is 12.8. The van der Waals surface area contributed by atoms with Gasteiger partial charge >= 0.3 is 0 Å². The van der Waals surface area contributed by atoms with E-state index in [1.165, 1.54) is 15.4 Å². The Balaban J connectivity index is 1.65. The number of carbonyl (C=O) groups is 1. The van der Waals surface area contributed by atoms with Gasteiger partial charge in [0.15, 0.2) is 0 Å². The van der Waals surface area contributed by atoms with Crippen LogP contribution in [0.1, 0.15) is 31.4 Å². The third-order valence-electron chi connectivity index (χ3n) is 5.63. The predicted octanol–water partition coefficient (Wildman–Crippen LogP) is 3.75. The van der Waals surface area contributed by atoms with Crippen molar-refractivity contribution in [2.24, 2.45) is 0 Å². The number of anilines is 1. The van der Waals surface area contributed by atoms with E-state index in [9.17, 15) is 13.2 Å². The van der Waals surface area contributed by atoms with Crippen LogP contribution in [-0.4, -0.2) is 56.3 Å². The number of amides is 1. The number of benzene rings is 2. The van der Waals surface area contributed by atoms with Gasteiger partial charge in [-0.15, -0.1) is 0 Å². The van der Waals surface area contributed by atoms with E-state index < -0.39 is 10.0 Å². The Bertz CT molecular complexity index is 1040. The zero-order valence-corrected chi connectivity index (χ0v) is 19.3. The maximum atomic E-state index is 12.8. The van der Waals surface area contributed by atoms with Gasteiger partial charge in [0.2, 0.25) is 15.9 Å². The van der Waals surface area contributed by atoms with E-state index in [0.29, 0.717) is 25.3 Å². The molecular weight excluding hydrogens is 410 g/mol. The molecule has 0 saturated carbocycles. The molecule has 0 radical (unpaired) electrons. The summed E-state index contributed by atoms with van der Waals surface area (Å²) in [4.78, 5) is 14.9. The van der Waals surface area contributed by atoms with E-state index in [0.717, 1.165) is 18.5 Å². The van der Waals surface area contributed by atoms with Gasteiger partial charge in [-0.1, -0.05) is 56.3 Å². The summed E-state index contributed by atoms with van der Waals surface area (Å²) in [7, 11) is -3.57. The third-order valence-corrected chi connectivity index (χ3v) is 7.68. The van der Waals surface area contributed by atoms with Crippen molar-refractivity contribution < 1.29 is 13.2 Å². The lowest BCUT2D eigenvalue weighted by molar-refractivity contribution is -0.117. The lowest BCUT2D eigenvalue weighted by Crippen LogP contribution is -2.36. The van der Waals surface area contributed by atoms with Crippen LogP contribution in [0.15, 0.2) is 59.5 Å². The summed E-state index contributed by atoms with van der Waals surface area (Å²) in [6.07, 6.45) is 3.07. The highest BCUT2D eigenvalue weighted by Crippen LogP contribution is 2.24. The lowest BCUT2D eigenvalue weighted by Gasteiger charge is -2.26. The first-order chi connectivity index (χ1) is 14.8. The van der Waals surface area contributed by atoms with Crippen LogP contribution >= 0.6 is 0 Å². The molecule has 0 atom stereocenters. The van der Waals surface area contributed by atoms with Crippen LogP contribution in [0.3, 0.4) is 0 Å². The Morgan fingerprint density at radius 2 is 1.81 bits per heavy atom. The minimum Gasteiger partial charge on any atom is -0.325 e. The molecule has 0 fully saturated rings. The van der Waals surface area contributed by atoms with Crippen molar-refractivity contribution in [3.63, 3.8) is 0 Å². The van der Waals surface area contributed by atoms with Crippen molar-refractivity contribution in [1.82, 2.24) is 9.21 Å². The van der Waals surface area contributed by atoms with Gasteiger partial charge in [-0.25, -0.2) is 8.42 Å². The number of nitrogens with zero attached hydrogens (tertiary/aromatic N) is 2. The fourth-order valence-electron chi connectivity index (χ4n) is 3.77. The molecule has 0 saturated heterocycles. The fraction of sp³-hybridized carbons (Fsp3) is 0.375. The normalized spacial score (nSPS) is 15.0. The third kappa shape index (κ3) is 5.61. The van der Waals surface area contributed by atoms with Crippen LogP contribution in [0.5, 0.6) is 0 Å². The molecule has 1 heterocycles. The summed E-state index contributed by atoms with van der Waals surface area (Å²) in [5.41, 5.74) is 3.91. The van der Waals surface area contributed by atoms with E-state index in [-0.39, 0.29) is 17.3 Å². The molecule has 3 rings (SSSR count). The number of nitrogens with one attached hydrogen (secondary N) is 1. The molecule has 1 N–H and O–H groups in total. The number of hydrogen-bond donors (Lipinski definition) is 1. The Kier molecular flexibility index (Phi) is 7.64. The Labute approximate surface area is 185 Å². The molecule has 2 aromatic rings. The average molecular weight is 442 g/mol. The Hall–Kier alpha value is -2.48. The average Bonchev–Trinajstić information content (AvgIpc) is 2.77. The molecule has 0 aromatic heterocycles. The second kappa shape index (κ2) is 10.2. The minimum absolute atomic E-state index is 0.142. The van der Waals surface area contributed by atoms with Gasteiger partial charge in [-0.2, -0.15) is 4.31 Å². The molecule has 0 aliphatic carbocycles. The number of hydrogen-bond acceptors (Lipinski definition) is 4. The Morgan fingerprint density at radius 1 is 1.10 bits per heavy atom. The van der Waals surface area contributed by atoms with Gasteiger partial charge < -0.3 is 5.32 Å². The van der Waals surface area contributed by atoms with Crippen molar-refractivity contribution in [3.05, 3.63) is 65.7 Å². The second-order valence-corrected chi connectivity index (χ2v) is 9.63. The second-order valence-electron chi connectivity index (χ2n) is 7.69. The molecule has 2 aromatic carbocycles. The van der Waals surface area contributed by atoms with E-state index in [4.69, 9.17) is 0 Å². The zero-order chi connectivity index (χ0) is 22.4. The van der Waals surface area contributed by atoms with Crippen molar-refractivity contribution >= 4 is 27.2 Å². The molecule has 1 aliphatic heterocycles. The van der Waals surface area contributed by atoms with Crippen LogP contribution in [0, 0.1) is 6.92 Å². The van der Waals surface area contributed by atoms with Crippen LogP contribution in [-0.2, 0) is 14.8 Å². The molecule has 6 nitrogen and oxygen atoms in total. The fourth-order valence-corrected chi connectivity index (χ4v) is 5.26. The van der Waals surface area contributed by atoms with Crippen molar-refractivity contribution in [2.75, 3.05) is 38.0 Å². The topological polar surface area (TPSA) is 69.7 Å². The number of aryl methyl sites for hydroxylation is 1. The van der Waals surface area contributed by atoms with Gasteiger partial charge in [-0.05, 0) is 42.2 Å². The van der Waals surface area contributed by atoms with Crippen LogP contribution in [0.25, 0.3) is 5.57 Å². The maximum Gasteiger partial charge on any atom is 0.243 e. The van der Waals surface area contributed by atoms with Crippen LogP contribution < -0.4 is 5.32 Å². The van der Waals surface area contributed by atoms with Crippen molar-refractivity contribution in [2.45, 2.75) is 32.1 Å². The predicted molar refractivity (Wildman–Crippen MR) is 125 cm³/mol. The summed E-state index contributed by atoms with van der Waals surface area (Å²) < 4.78 is 27.0. The van der Waals surface area contributed by atoms with Crippen LogP contribution in [0.4, 0.5) is 5.69 Å². The van der Waals surface area contributed by atoms with Crippen LogP contribution in [0.2, 0.25) is 0 Å². The van der Waals surface area contributed by atoms with Gasteiger partial charge in [0.25, 0.3) is 0 Å². The highest BCUT2D eigenvalue weighted by atomic mass is 32.2. The summed E-state index contributed by atoms with van der Waals surface area (Å²) in [5.74, 6) is -0.142. The highest BCUT2D eigenvalue weighted by Gasteiger charge is 2.23. The quantitative estimate of drug-likeness (QED) is 0.677.